The molecule has 1 fully saturated rings. The maximum atomic E-state index is 12.5. The first-order chi connectivity index (χ1) is 5.76. The van der Waals surface area contributed by atoms with Gasteiger partial charge in [0.05, 0.1) is 5.92 Å². The van der Waals surface area contributed by atoms with Crippen molar-refractivity contribution in [2.75, 3.05) is 0 Å². The minimum absolute atomic E-state index is 0.0488. The third-order valence-electron chi connectivity index (χ3n) is 2.62. The van der Waals surface area contributed by atoms with Crippen LogP contribution in [0.15, 0.2) is 0 Å². The second-order valence-corrected chi connectivity index (χ2v) is 4.46. The van der Waals surface area contributed by atoms with Crippen molar-refractivity contribution in [1.29, 1.82) is 0 Å². The van der Waals surface area contributed by atoms with Crippen LogP contribution in [0.4, 0.5) is 13.2 Å². The molecule has 0 amide bonds. The van der Waals surface area contributed by atoms with Gasteiger partial charge in [-0.25, -0.2) is 0 Å². The Balaban J connectivity index is 2.66. The summed E-state index contributed by atoms with van der Waals surface area (Å²) in [5, 5.41) is 0. The zero-order valence-electron chi connectivity index (χ0n) is 7.99. The Morgan fingerprint density at radius 1 is 1.31 bits per heavy atom. The van der Waals surface area contributed by atoms with E-state index in [4.69, 9.17) is 5.73 Å². The fraction of sp³-hybridized carbons (Fsp3) is 1.00. The highest BCUT2D eigenvalue weighted by atomic mass is 19.4. The Morgan fingerprint density at radius 2 is 1.77 bits per heavy atom. The van der Waals surface area contributed by atoms with Gasteiger partial charge >= 0.3 is 6.18 Å². The lowest BCUT2D eigenvalue weighted by Gasteiger charge is -2.27. The molecule has 1 atom stereocenters. The van der Waals surface area contributed by atoms with Gasteiger partial charge < -0.3 is 5.73 Å². The predicted molar refractivity (Wildman–Crippen MR) is 45.2 cm³/mol. The van der Waals surface area contributed by atoms with Crippen LogP contribution in [0.3, 0.4) is 0 Å². The highest BCUT2D eigenvalue weighted by Gasteiger charge is 2.57. The van der Waals surface area contributed by atoms with Crippen LogP contribution in [0.2, 0.25) is 0 Å². The molecular weight excluding hydrogens is 179 g/mol. The van der Waals surface area contributed by atoms with Gasteiger partial charge in [0.25, 0.3) is 0 Å². The molecule has 0 bridgehead atoms. The minimum atomic E-state index is -4.13. The zero-order chi connectivity index (χ0) is 10.3. The molecule has 0 aromatic heterocycles. The first-order valence-electron chi connectivity index (χ1n) is 4.61. The molecule has 1 rings (SSSR count). The van der Waals surface area contributed by atoms with Gasteiger partial charge in [-0.1, -0.05) is 13.8 Å². The molecule has 0 aromatic rings. The van der Waals surface area contributed by atoms with Gasteiger partial charge in [0.15, 0.2) is 0 Å². The maximum absolute atomic E-state index is 12.5. The van der Waals surface area contributed by atoms with Crippen molar-refractivity contribution in [3.63, 3.8) is 0 Å². The SMILES string of the molecule is CC(C)CC(C(F)(F)F)C1(N)CC1. The molecule has 0 aromatic carbocycles. The normalized spacial score (nSPS) is 23.3. The highest BCUT2D eigenvalue weighted by Crippen LogP contribution is 2.49. The first kappa shape index (κ1) is 10.8. The van der Waals surface area contributed by atoms with Crippen molar-refractivity contribution < 1.29 is 13.2 Å². The summed E-state index contributed by atoms with van der Waals surface area (Å²) in [6, 6.07) is 0. The molecule has 1 aliphatic carbocycles. The Hall–Kier alpha value is -0.250. The van der Waals surface area contributed by atoms with Gasteiger partial charge in [-0.3, -0.25) is 0 Å². The second-order valence-electron chi connectivity index (χ2n) is 4.46. The van der Waals surface area contributed by atoms with Crippen molar-refractivity contribution in [3.05, 3.63) is 0 Å². The summed E-state index contributed by atoms with van der Waals surface area (Å²) in [6.07, 6.45) is -2.94. The van der Waals surface area contributed by atoms with E-state index in [0.29, 0.717) is 12.8 Å². The standard InChI is InChI=1S/C9H16F3N/c1-6(2)5-7(9(10,11)12)8(13)3-4-8/h6-7H,3-5,13H2,1-2H3. The molecule has 1 aliphatic rings. The number of hydrogen-bond donors (Lipinski definition) is 1. The van der Waals surface area contributed by atoms with Crippen LogP contribution in [0.25, 0.3) is 0 Å². The van der Waals surface area contributed by atoms with Crippen molar-refractivity contribution in [1.82, 2.24) is 0 Å². The summed E-state index contributed by atoms with van der Waals surface area (Å²) in [5.74, 6) is -1.26. The van der Waals surface area contributed by atoms with Gasteiger partial charge in [0, 0.05) is 5.54 Å². The lowest BCUT2D eigenvalue weighted by atomic mass is 9.88. The third-order valence-corrected chi connectivity index (χ3v) is 2.62. The molecule has 78 valence electrons. The summed E-state index contributed by atoms with van der Waals surface area (Å²) >= 11 is 0. The van der Waals surface area contributed by atoms with Crippen LogP contribution in [0.5, 0.6) is 0 Å². The van der Waals surface area contributed by atoms with Crippen LogP contribution >= 0.6 is 0 Å². The van der Waals surface area contributed by atoms with E-state index < -0.39 is 17.6 Å². The molecule has 13 heavy (non-hydrogen) atoms. The molecule has 2 N–H and O–H groups in total. The van der Waals surface area contributed by atoms with Crippen LogP contribution < -0.4 is 5.73 Å². The lowest BCUT2D eigenvalue weighted by Crippen LogP contribution is -2.42. The summed E-state index contributed by atoms with van der Waals surface area (Å²) in [7, 11) is 0. The lowest BCUT2D eigenvalue weighted by molar-refractivity contribution is -0.187. The molecular formula is C9H16F3N. The molecule has 1 saturated carbocycles. The highest BCUT2D eigenvalue weighted by molar-refractivity contribution is 5.06. The predicted octanol–water partition coefficient (Wildman–Crippen LogP) is 2.70. The van der Waals surface area contributed by atoms with Crippen molar-refractivity contribution in [3.8, 4) is 0 Å². The minimum Gasteiger partial charge on any atom is -0.325 e. The van der Waals surface area contributed by atoms with E-state index in [9.17, 15) is 13.2 Å². The molecule has 1 unspecified atom stereocenters. The van der Waals surface area contributed by atoms with E-state index in [0.717, 1.165) is 0 Å². The summed E-state index contributed by atoms with van der Waals surface area (Å²) < 4.78 is 37.6. The Kier molecular flexibility index (Phi) is 2.63. The average molecular weight is 195 g/mol. The molecule has 4 heteroatoms. The van der Waals surface area contributed by atoms with E-state index in [1.165, 1.54) is 0 Å². The van der Waals surface area contributed by atoms with Crippen LogP contribution in [0, 0.1) is 11.8 Å². The number of rotatable bonds is 3. The topological polar surface area (TPSA) is 26.0 Å². The van der Waals surface area contributed by atoms with E-state index in [1.54, 1.807) is 13.8 Å². The fourth-order valence-corrected chi connectivity index (χ4v) is 1.66. The molecule has 0 heterocycles. The number of hydrogen-bond acceptors (Lipinski definition) is 1. The maximum Gasteiger partial charge on any atom is 0.393 e. The van der Waals surface area contributed by atoms with E-state index >= 15 is 0 Å². The summed E-state index contributed by atoms with van der Waals surface area (Å²) in [4.78, 5) is 0. The molecule has 0 radical (unpaired) electrons. The van der Waals surface area contributed by atoms with Crippen LogP contribution in [0.1, 0.15) is 33.1 Å². The summed E-state index contributed by atoms with van der Waals surface area (Å²) in [5.41, 5.74) is 4.66. The van der Waals surface area contributed by atoms with Crippen LogP contribution in [-0.4, -0.2) is 11.7 Å². The quantitative estimate of drug-likeness (QED) is 0.736. The smallest absolute Gasteiger partial charge is 0.325 e. The first-order valence-corrected chi connectivity index (χ1v) is 4.61. The molecule has 0 spiro atoms. The number of halogens is 3. The van der Waals surface area contributed by atoms with Gasteiger partial charge in [0.1, 0.15) is 0 Å². The van der Waals surface area contributed by atoms with Crippen molar-refractivity contribution in [2.45, 2.75) is 44.8 Å². The van der Waals surface area contributed by atoms with E-state index in [2.05, 4.69) is 0 Å². The second kappa shape index (κ2) is 3.15. The average Bonchev–Trinajstić information content (AvgIpc) is 2.61. The van der Waals surface area contributed by atoms with Crippen molar-refractivity contribution >= 4 is 0 Å². The number of nitrogens with two attached hydrogens (primary N) is 1. The largest absolute Gasteiger partial charge is 0.393 e. The van der Waals surface area contributed by atoms with Crippen molar-refractivity contribution in [2.24, 2.45) is 17.6 Å². The van der Waals surface area contributed by atoms with E-state index in [1.807, 2.05) is 0 Å². The zero-order valence-corrected chi connectivity index (χ0v) is 7.99. The molecule has 0 aliphatic heterocycles. The monoisotopic (exact) mass is 195 g/mol. The van der Waals surface area contributed by atoms with Gasteiger partial charge in [0.2, 0.25) is 0 Å². The Morgan fingerprint density at radius 3 is 2.00 bits per heavy atom. The Bertz CT molecular complexity index is 177. The summed E-state index contributed by atoms with van der Waals surface area (Å²) in [6.45, 7) is 3.59. The number of alkyl halides is 3. The van der Waals surface area contributed by atoms with Gasteiger partial charge in [-0.15, -0.1) is 0 Å². The fourth-order valence-electron chi connectivity index (χ4n) is 1.66. The third kappa shape index (κ3) is 2.59. The molecule has 0 saturated heterocycles. The van der Waals surface area contributed by atoms with Gasteiger partial charge in [-0.05, 0) is 25.2 Å². The molecule has 1 nitrogen and oxygen atoms in total. The van der Waals surface area contributed by atoms with E-state index in [-0.39, 0.29) is 12.3 Å². The van der Waals surface area contributed by atoms with Crippen LogP contribution in [-0.2, 0) is 0 Å². The van der Waals surface area contributed by atoms with Gasteiger partial charge in [-0.2, -0.15) is 13.2 Å². The Labute approximate surface area is 76.5 Å².